The molecule has 0 aromatic rings. The molecule has 0 spiro atoms. The molecule has 0 fully saturated rings. The number of nitrogens with two attached hydrogens (primary N) is 2. The van der Waals surface area contributed by atoms with Gasteiger partial charge in [0.2, 0.25) is 0 Å². The van der Waals surface area contributed by atoms with E-state index < -0.39 is 20.0 Å². The number of carboxylic acid groups (broad SMARTS) is 1. The molecule has 0 aromatic heterocycles. The first-order chi connectivity index (χ1) is 5.31. The zero-order valence-corrected chi connectivity index (χ0v) is 7.19. The summed E-state index contributed by atoms with van der Waals surface area (Å²) in [5.74, 6) is -2.04. The van der Waals surface area contributed by atoms with Crippen molar-refractivity contribution in [2.24, 2.45) is 11.0 Å². The summed E-state index contributed by atoms with van der Waals surface area (Å²) in [6.07, 6.45) is -0.720. The third-order valence-electron chi connectivity index (χ3n) is 0.820. The Morgan fingerprint density at radius 1 is 1.33 bits per heavy atom. The minimum atomic E-state index is -3.83. The van der Waals surface area contributed by atoms with Crippen LogP contribution in [0.15, 0.2) is 0 Å². The Morgan fingerprint density at radius 2 is 1.83 bits per heavy atom. The van der Waals surface area contributed by atoms with Crippen molar-refractivity contribution in [2.45, 2.75) is 12.8 Å². The normalized spacial score (nSPS) is 12.2. The van der Waals surface area contributed by atoms with Gasteiger partial charge in [-0.05, 0) is 0 Å². The van der Waals surface area contributed by atoms with E-state index in [1.54, 1.807) is 0 Å². The van der Waals surface area contributed by atoms with E-state index in [0.717, 1.165) is 0 Å². The van der Waals surface area contributed by atoms with Crippen molar-refractivity contribution in [3.63, 3.8) is 0 Å². The molecule has 0 aromatic carbocycles. The molecule has 0 bridgehead atoms. The molecule has 0 rings (SSSR count). The quantitative estimate of drug-likeness (QED) is 0.412. The third kappa shape index (κ3) is 7.36. The molecule has 8 heteroatoms. The van der Waals surface area contributed by atoms with E-state index in [4.69, 9.17) is 21.0 Å². The van der Waals surface area contributed by atoms with Gasteiger partial charge in [0.25, 0.3) is 0 Å². The third-order valence-corrected chi connectivity index (χ3v) is 1.37. The predicted octanol–water partition coefficient (Wildman–Crippen LogP) is -1.29. The van der Waals surface area contributed by atoms with Crippen LogP contribution in [0.25, 0.3) is 0 Å². The average molecular weight is 198 g/mol. The molecule has 12 heavy (non-hydrogen) atoms. The van der Waals surface area contributed by atoms with Gasteiger partial charge in [-0.15, -0.1) is 0 Å². The van der Waals surface area contributed by atoms with Crippen molar-refractivity contribution in [2.75, 3.05) is 0 Å². The summed E-state index contributed by atoms with van der Waals surface area (Å²) < 4.78 is 4.14. The summed E-state index contributed by atoms with van der Waals surface area (Å²) >= 11 is 0. The molecule has 0 amide bonds. The van der Waals surface area contributed by atoms with Crippen molar-refractivity contribution in [1.82, 2.24) is 0 Å². The van der Waals surface area contributed by atoms with Gasteiger partial charge in [0.05, 0.1) is 0 Å². The van der Waals surface area contributed by atoms with Gasteiger partial charge < -0.3 is 0 Å². The maximum atomic E-state index is 10.6. The zero-order valence-electron chi connectivity index (χ0n) is 6.19. The van der Waals surface area contributed by atoms with E-state index in [1.807, 2.05) is 0 Å². The number of carboxylic acids is 1. The SMILES string of the molecule is N[PH](N)(O)OC(=O)CCC(=O)O. The summed E-state index contributed by atoms with van der Waals surface area (Å²) in [5.41, 5.74) is 9.65. The van der Waals surface area contributed by atoms with Crippen molar-refractivity contribution in [1.29, 1.82) is 0 Å². The van der Waals surface area contributed by atoms with Crippen molar-refractivity contribution in [3.05, 3.63) is 0 Å². The Bertz CT molecular complexity index is 188. The van der Waals surface area contributed by atoms with E-state index in [-0.39, 0.29) is 12.8 Å². The van der Waals surface area contributed by atoms with Crippen LogP contribution in [-0.2, 0) is 14.1 Å². The van der Waals surface area contributed by atoms with E-state index in [9.17, 15) is 9.59 Å². The molecule has 0 atom stereocenters. The second-order valence-electron chi connectivity index (χ2n) is 2.12. The number of hydrogen-bond acceptors (Lipinski definition) is 6. The van der Waals surface area contributed by atoms with Crippen LogP contribution in [-0.4, -0.2) is 21.9 Å². The average Bonchev–Trinajstić information content (AvgIpc) is 1.79. The van der Waals surface area contributed by atoms with Crippen LogP contribution in [0.1, 0.15) is 12.8 Å². The Labute approximate surface area is 68.9 Å². The van der Waals surface area contributed by atoms with Gasteiger partial charge in [0.1, 0.15) is 0 Å². The predicted molar refractivity (Wildman–Crippen MR) is 41.9 cm³/mol. The maximum absolute atomic E-state index is 10.6. The van der Waals surface area contributed by atoms with Crippen LogP contribution in [0.5, 0.6) is 0 Å². The number of carbonyl (C=O) groups is 2. The summed E-state index contributed by atoms with van der Waals surface area (Å²) in [5, 5.41) is 8.14. The fraction of sp³-hybridized carbons (Fsp3) is 0.500. The second kappa shape index (κ2) is 4.32. The van der Waals surface area contributed by atoms with E-state index in [1.165, 1.54) is 0 Å². The van der Waals surface area contributed by atoms with Crippen LogP contribution in [0, 0.1) is 0 Å². The molecule has 72 valence electrons. The molecule has 0 saturated heterocycles. The molecule has 0 heterocycles. The molecule has 6 N–H and O–H groups in total. The topological polar surface area (TPSA) is 136 Å². The summed E-state index contributed by atoms with van der Waals surface area (Å²) in [4.78, 5) is 29.2. The Morgan fingerprint density at radius 3 is 2.17 bits per heavy atom. The fourth-order valence-electron chi connectivity index (χ4n) is 0.442. The first kappa shape index (κ1) is 11.2. The molecule has 7 nitrogen and oxygen atoms in total. The van der Waals surface area contributed by atoms with Crippen LogP contribution >= 0.6 is 8.02 Å². The monoisotopic (exact) mass is 198 g/mol. The van der Waals surface area contributed by atoms with Crippen molar-refractivity contribution < 1.29 is 24.1 Å². The number of carbonyl (C=O) groups excluding carboxylic acids is 1. The van der Waals surface area contributed by atoms with Crippen molar-refractivity contribution in [3.8, 4) is 0 Å². The van der Waals surface area contributed by atoms with Gasteiger partial charge in [0, 0.05) is 0 Å². The van der Waals surface area contributed by atoms with Crippen LogP contribution in [0.4, 0.5) is 0 Å². The fourth-order valence-corrected chi connectivity index (χ4v) is 0.909. The summed E-state index contributed by atoms with van der Waals surface area (Å²) in [6, 6.07) is 0. The zero-order chi connectivity index (χ0) is 9.78. The van der Waals surface area contributed by atoms with Gasteiger partial charge in [-0.2, -0.15) is 0 Å². The molecular formula is C4H11N2O5P. The second-order valence-corrected chi connectivity index (χ2v) is 3.83. The van der Waals surface area contributed by atoms with Crippen LogP contribution < -0.4 is 11.0 Å². The Balaban J connectivity index is 3.68. The van der Waals surface area contributed by atoms with E-state index in [2.05, 4.69) is 4.52 Å². The van der Waals surface area contributed by atoms with Gasteiger partial charge in [0.15, 0.2) is 0 Å². The first-order valence-electron chi connectivity index (χ1n) is 3.05. The summed E-state index contributed by atoms with van der Waals surface area (Å²) in [6.45, 7) is 0. The number of hydrogen-bond donors (Lipinski definition) is 4. The van der Waals surface area contributed by atoms with Gasteiger partial charge in [-0.3, -0.25) is 0 Å². The first-order valence-corrected chi connectivity index (χ1v) is 5.06. The Hall–Kier alpha value is -0.750. The number of rotatable bonds is 4. The van der Waals surface area contributed by atoms with Crippen LogP contribution in [0.3, 0.4) is 0 Å². The molecule has 0 unspecified atom stereocenters. The molecular weight excluding hydrogens is 187 g/mol. The van der Waals surface area contributed by atoms with E-state index in [0.29, 0.717) is 0 Å². The standard InChI is InChI=1S/C4H11N2O5P/c5-12(6,10)11-4(9)2-1-3(7)8/h10,12H,1-2,5-6H2,(H,7,8). The summed E-state index contributed by atoms with van der Waals surface area (Å²) in [7, 11) is -3.83. The molecule has 0 aliphatic rings. The van der Waals surface area contributed by atoms with Crippen LogP contribution in [0.2, 0.25) is 0 Å². The van der Waals surface area contributed by atoms with E-state index >= 15 is 0 Å². The van der Waals surface area contributed by atoms with Crippen molar-refractivity contribution >= 4 is 20.0 Å². The molecule has 0 aliphatic heterocycles. The molecule has 0 aliphatic carbocycles. The number of aliphatic carboxylic acids is 1. The molecule has 0 saturated carbocycles. The minimum absolute atomic E-state index is 0.348. The Kier molecular flexibility index (Phi) is 4.05. The molecule has 0 radical (unpaired) electrons. The van der Waals surface area contributed by atoms with Gasteiger partial charge >= 0.3 is 67.9 Å². The van der Waals surface area contributed by atoms with Gasteiger partial charge in [-0.1, -0.05) is 0 Å². The van der Waals surface area contributed by atoms with Gasteiger partial charge in [-0.25, -0.2) is 0 Å².